The van der Waals surface area contributed by atoms with Crippen molar-refractivity contribution in [3.8, 4) is 5.75 Å². The summed E-state index contributed by atoms with van der Waals surface area (Å²) in [7, 11) is -0.0915. The van der Waals surface area contributed by atoms with Crippen molar-refractivity contribution in [3.63, 3.8) is 0 Å². The minimum absolute atomic E-state index is 0.0915. The number of carbonyl (C=O) groups is 1. The van der Waals surface area contributed by atoms with E-state index in [0.29, 0.717) is 0 Å². The number of carbonyl (C=O) groups excluding carboxylic acids is 1. The summed E-state index contributed by atoms with van der Waals surface area (Å²) < 4.78 is 5.98. The van der Waals surface area contributed by atoms with Gasteiger partial charge in [0.05, 0.1) is 17.5 Å². The van der Waals surface area contributed by atoms with E-state index in [4.69, 9.17) is 14.6 Å². The van der Waals surface area contributed by atoms with Gasteiger partial charge in [-0.1, -0.05) is 81.8 Å². The van der Waals surface area contributed by atoms with Gasteiger partial charge in [0.1, 0.15) is 5.75 Å². The molecule has 0 aromatic heterocycles. The topological polar surface area (TPSA) is 49.4 Å². The van der Waals surface area contributed by atoms with Gasteiger partial charge in [-0.3, -0.25) is 0 Å². The first-order valence-electron chi connectivity index (χ1n) is 11.9. The third kappa shape index (κ3) is 10.6. The smallest absolute Gasteiger partial charge is 0.166 e. The maximum atomic E-state index is 8.89. The molecule has 3 aromatic rings. The lowest BCUT2D eigenvalue weighted by atomic mass is 10.1. The van der Waals surface area contributed by atoms with Crippen LogP contribution in [0.5, 0.6) is 5.75 Å². The Labute approximate surface area is 202 Å². The fourth-order valence-corrected chi connectivity index (χ4v) is 5.53. The highest BCUT2D eigenvalue weighted by atomic mass is 32.2. The summed E-state index contributed by atoms with van der Waals surface area (Å²) in [6.07, 6.45) is 9.18. The lowest BCUT2D eigenvalue weighted by Gasteiger charge is -2.09. The fraction of sp³-hybridized carbons (Fsp3) is 0.345. The first-order valence-corrected chi connectivity index (χ1v) is 13.1. The van der Waals surface area contributed by atoms with Gasteiger partial charge in [0.25, 0.3) is 0 Å². The predicted molar refractivity (Wildman–Crippen MR) is 136 cm³/mol. The van der Waals surface area contributed by atoms with Gasteiger partial charge in [-0.25, -0.2) is 0 Å². The second-order valence-electron chi connectivity index (χ2n) is 7.87. The van der Waals surface area contributed by atoms with E-state index in [0.717, 1.165) is 25.7 Å². The second-order valence-corrected chi connectivity index (χ2v) is 9.89. The number of hydrogen-bond acceptors (Lipinski definition) is 3. The Hall–Kier alpha value is -2.72. The number of unbranched alkanes of at least 4 members (excludes halogenated alkanes) is 6. The maximum Gasteiger partial charge on any atom is 0.166 e. The van der Waals surface area contributed by atoms with Crippen molar-refractivity contribution in [1.29, 1.82) is 0 Å². The maximum absolute atomic E-state index is 8.89. The van der Waals surface area contributed by atoms with E-state index in [2.05, 4.69) is 91.9 Å². The molecule has 0 fully saturated rings. The number of benzene rings is 3. The predicted octanol–water partition coefficient (Wildman–Crippen LogP) is 6.67. The van der Waals surface area contributed by atoms with E-state index in [1.54, 1.807) is 0 Å². The Bertz CT molecular complexity index is 852. The van der Waals surface area contributed by atoms with E-state index in [1.807, 2.05) is 0 Å². The summed E-state index contributed by atoms with van der Waals surface area (Å²) in [4.78, 5) is 12.9. The van der Waals surface area contributed by atoms with Crippen molar-refractivity contribution in [3.05, 3.63) is 84.9 Å². The molecule has 0 bridgehead atoms. The Balaban J connectivity index is 0.000000890. The van der Waals surface area contributed by atoms with Crippen LogP contribution in [0.25, 0.3) is 0 Å². The molecule has 4 heteroatoms. The molecule has 3 rings (SSSR count). The Morgan fingerprint density at radius 3 is 1.61 bits per heavy atom. The standard InChI is InChI=1S/C27H33OS.C2H4O2/c1-2-3-4-5-6-7-14-23-28-24-19-21-27(22-20-24)29(25-15-10-8-11-16-25)26-17-12-9-13-18-26;1-2(3)4/h8-13,15-22H,2-7,14,23H2,1H3;1H3,(H,3,4)/q+1;/p-1. The molecular weight excluding hydrogens is 428 g/mol. The van der Waals surface area contributed by atoms with Crippen LogP contribution in [0.15, 0.2) is 99.6 Å². The van der Waals surface area contributed by atoms with Crippen molar-refractivity contribution in [2.24, 2.45) is 0 Å². The van der Waals surface area contributed by atoms with E-state index in [9.17, 15) is 0 Å². The van der Waals surface area contributed by atoms with Crippen molar-refractivity contribution in [2.45, 2.75) is 73.5 Å². The van der Waals surface area contributed by atoms with E-state index in [1.165, 1.54) is 53.2 Å². The number of aliphatic carboxylic acids is 1. The van der Waals surface area contributed by atoms with Crippen molar-refractivity contribution < 1.29 is 14.6 Å². The van der Waals surface area contributed by atoms with Crippen molar-refractivity contribution in [2.75, 3.05) is 6.61 Å². The molecule has 0 saturated heterocycles. The van der Waals surface area contributed by atoms with Crippen LogP contribution in [0, 0.1) is 0 Å². The average molecular weight is 465 g/mol. The molecular formula is C29H36O3S. The third-order valence-electron chi connectivity index (χ3n) is 5.03. The molecule has 0 amide bonds. The SMILES string of the molecule is CC(=O)[O-].CCCCCCCCCOc1ccc([S+](c2ccccc2)c2ccccc2)cc1. The van der Waals surface area contributed by atoms with Gasteiger partial charge in [-0.15, -0.1) is 0 Å². The van der Waals surface area contributed by atoms with Gasteiger partial charge in [-0.2, -0.15) is 0 Å². The highest BCUT2D eigenvalue weighted by Crippen LogP contribution is 2.31. The fourth-order valence-electron chi connectivity index (χ4n) is 3.44. The normalized spacial score (nSPS) is 10.4. The highest BCUT2D eigenvalue weighted by molar-refractivity contribution is 7.97. The molecule has 33 heavy (non-hydrogen) atoms. The molecule has 0 aliphatic carbocycles. The summed E-state index contributed by atoms with van der Waals surface area (Å²) in [5.41, 5.74) is 0. The van der Waals surface area contributed by atoms with Gasteiger partial charge in [-0.05, 0) is 61.9 Å². The van der Waals surface area contributed by atoms with Crippen LogP contribution in [0.3, 0.4) is 0 Å². The average Bonchev–Trinajstić information content (AvgIpc) is 2.83. The first-order chi connectivity index (χ1) is 16.1. The van der Waals surface area contributed by atoms with E-state index >= 15 is 0 Å². The van der Waals surface area contributed by atoms with Crippen LogP contribution in [0.2, 0.25) is 0 Å². The molecule has 0 radical (unpaired) electrons. The van der Waals surface area contributed by atoms with Crippen LogP contribution in [-0.4, -0.2) is 12.6 Å². The summed E-state index contributed by atoms with van der Waals surface area (Å²) in [6.45, 7) is 4.05. The Kier molecular flexibility index (Phi) is 12.8. The summed E-state index contributed by atoms with van der Waals surface area (Å²) in [5.74, 6) is -0.107. The van der Waals surface area contributed by atoms with Gasteiger partial charge in [0, 0.05) is 5.97 Å². The number of ether oxygens (including phenoxy) is 1. The minimum atomic E-state index is -1.08. The summed E-state index contributed by atoms with van der Waals surface area (Å²) >= 11 is 0. The van der Waals surface area contributed by atoms with Gasteiger partial charge >= 0.3 is 0 Å². The lowest BCUT2D eigenvalue weighted by Crippen LogP contribution is -2.16. The number of hydrogen-bond donors (Lipinski definition) is 0. The molecule has 0 atom stereocenters. The molecule has 0 aliphatic heterocycles. The van der Waals surface area contributed by atoms with Crippen LogP contribution < -0.4 is 9.84 Å². The first kappa shape index (κ1) is 26.5. The monoisotopic (exact) mass is 464 g/mol. The molecule has 0 aliphatic rings. The number of rotatable bonds is 12. The Morgan fingerprint density at radius 1 is 0.697 bits per heavy atom. The molecule has 3 nitrogen and oxygen atoms in total. The van der Waals surface area contributed by atoms with E-state index < -0.39 is 5.97 Å². The molecule has 0 heterocycles. The second kappa shape index (κ2) is 16.0. The minimum Gasteiger partial charge on any atom is -0.550 e. The molecule has 3 aromatic carbocycles. The van der Waals surface area contributed by atoms with Crippen LogP contribution >= 0.6 is 0 Å². The van der Waals surface area contributed by atoms with Crippen molar-refractivity contribution >= 4 is 16.9 Å². The zero-order valence-electron chi connectivity index (χ0n) is 19.9. The van der Waals surface area contributed by atoms with Crippen LogP contribution in [0.1, 0.15) is 58.8 Å². The molecule has 0 saturated carbocycles. The largest absolute Gasteiger partial charge is 0.550 e. The van der Waals surface area contributed by atoms with E-state index in [-0.39, 0.29) is 10.9 Å². The highest BCUT2D eigenvalue weighted by Gasteiger charge is 2.28. The molecule has 0 N–H and O–H groups in total. The van der Waals surface area contributed by atoms with Crippen LogP contribution in [-0.2, 0) is 15.7 Å². The van der Waals surface area contributed by atoms with Crippen molar-refractivity contribution in [1.82, 2.24) is 0 Å². The third-order valence-corrected chi connectivity index (χ3v) is 7.26. The molecule has 0 unspecified atom stereocenters. The quantitative estimate of drug-likeness (QED) is 0.222. The zero-order valence-corrected chi connectivity index (χ0v) is 20.7. The molecule has 176 valence electrons. The van der Waals surface area contributed by atoms with Gasteiger partial charge < -0.3 is 14.6 Å². The van der Waals surface area contributed by atoms with Gasteiger partial charge in [0.15, 0.2) is 14.7 Å². The lowest BCUT2D eigenvalue weighted by molar-refractivity contribution is -0.302. The Morgan fingerprint density at radius 2 is 1.12 bits per heavy atom. The number of carboxylic acids is 1. The summed E-state index contributed by atoms with van der Waals surface area (Å²) in [6, 6.07) is 30.3. The molecule has 0 spiro atoms. The summed E-state index contributed by atoms with van der Waals surface area (Å²) in [5, 5.41) is 8.89. The van der Waals surface area contributed by atoms with Crippen LogP contribution in [0.4, 0.5) is 0 Å². The zero-order chi connectivity index (χ0) is 23.7. The number of carboxylic acid groups (broad SMARTS) is 1. The van der Waals surface area contributed by atoms with Gasteiger partial charge in [0.2, 0.25) is 0 Å².